The van der Waals surface area contributed by atoms with Crippen LogP contribution in [0.25, 0.3) is 53.8 Å². The number of pyridine rings is 2. The molecule has 7 rings (SSSR count). The van der Waals surface area contributed by atoms with E-state index in [4.69, 9.17) is 4.98 Å². The molecule has 48 heavy (non-hydrogen) atoms. The fourth-order valence-corrected chi connectivity index (χ4v) is 9.01. The first-order valence-corrected chi connectivity index (χ1v) is 20.6. The molecule has 0 spiro atoms. The van der Waals surface area contributed by atoms with Gasteiger partial charge in [0.25, 0.3) is 0 Å². The van der Waals surface area contributed by atoms with Crippen molar-refractivity contribution in [2.24, 2.45) is 5.41 Å². The molecular formula is C43H42IrN2SSi-2. The van der Waals surface area contributed by atoms with Crippen molar-refractivity contribution < 1.29 is 20.1 Å². The summed E-state index contributed by atoms with van der Waals surface area (Å²) in [7, 11) is -1.27. The van der Waals surface area contributed by atoms with E-state index in [1.807, 2.05) is 41.8 Å². The van der Waals surface area contributed by atoms with E-state index in [-0.39, 0.29) is 25.5 Å². The van der Waals surface area contributed by atoms with Crippen LogP contribution in [0.3, 0.4) is 0 Å². The zero-order chi connectivity index (χ0) is 33.2. The average Bonchev–Trinajstić information content (AvgIpc) is 3.43. The molecule has 0 aliphatic heterocycles. The zero-order valence-electron chi connectivity index (χ0n) is 28.8. The maximum absolute atomic E-state index is 4.70. The number of hydrogen-bond donors (Lipinski definition) is 0. The smallest absolute Gasteiger partial charge is 0.0798 e. The van der Waals surface area contributed by atoms with E-state index in [9.17, 15) is 0 Å². The Bertz CT molecular complexity index is 2140. The van der Waals surface area contributed by atoms with Crippen molar-refractivity contribution in [2.45, 2.75) is 53.8 Å². The largest absolute Gasteiger partial charge is 0.305 e. The van der Waals surface area contributed by atoms with Gasteiger partial charge in [-0.05, 0) is 74.7 Å². The summed E-state index contributed by atoms with van der Waals surface area (Å²) < 4.78 is 2.56. The second-order valence-electron chi connectivity index (χ2n) is 14.5. The van der Waals surface area contributed by atoms with Crippen molar-refractivity contribution in [3.05, 3.63) is 139 Å². The van der Waals surface area contributed by atoms with Crippen LogP contribution < -0.4 is 5.19 Å². The Balaban J connectivity index is 0.000000214. The Morgan fingerprint density at radius 2 is 1.50 bits per heavy atom. The number of fused-ring (bicyclic) bond motifs is 3. The summed E-state index contributed by atoms with van der Waals surface area (Å²) in [5.41, 5.74) is 9.63. The zero-order valence-corrected chi connectivity index (χ0v) is 33.0. The van der Waals surface area contributed by atoms with Gasteiger partial charge < -0.3 is 9.97 Å². The fraction of sp³-hybridized carbons (Fsp3) is 0.209. The number of aromatic nitrogens is 2. The minimum absolute atomic E-state index is 0. The predicted octanol–water partition coefficient (Wildman–Crippen LogP) is 11.6. The monoisotopic (exact) mass is 839 g/mol. The Morgan fingerprint density at radius 1 is 0.729 bits per heavy atom. The fourth-order valence-electron chi connectivity index (χ4n) is 6.12. The summed E-state index contributed by atoms with van der Waals surface area (Å²) in [5, 5.41) is 4.03. The van der Waals surface area contributed by atoms with Gasteiger partial charge in [0, 0.05) is 37.2 Å². The molecule has 0 N–H and O–H groups in total. The van der Waals surface area contributed by atoms with Gasteiger partial charge in [-0.2, -0.15) is 11.3 Å². The standard InChI is InChI=1S/C28H24NS.C15H18NSi.Ir/c1-28(2,3)18-19-14-15-29-25(16-19)23-11-7-10-22-24-17-21(20-8-5-4-6-9-20)12-13-26(24)30-27(22)23;1-12-10-14(13-8-6-5-7-9-13)16-11-15(12)17(2,3)4;/h4-10,12-17H,18H2,1-3H3;5-8,10-11H,1-4H3;/q2*-1;. The molecule has 5 heteroatoms. The van der Waals surface area contributed by atoms with Crippen LogP contribution in [0.2, 0.25) is 19.6 Å². The minimum atomic E-state index is -1.27. The number of hydrogen-bond acceptors (Lipinski definition) is 3. The van der Waals surface area contributed by atoms with Gasteiger partial charge in [0.15, 0.2) is 0 Å². The third-order valence-electron chi connectivity index (χ3n) is 8.26. The molecule has 0 unspecified atom stereocenters. The molecule has 245 valence electrons. The van der Waals surface area contributed by atoms with E-state index >= 15 is 0 Å². The number of benzene rings is 4. The van der Waals surface area contributed by atoms with Gasteiger partial charge in [-0.25, -0.2) is 0 Å². The van der Waals surface area contributed by atoms with Crippen molar-refractivity contribution >= 4 is 44.8 Å². The quantitative estimate of drug-likeness (QED) is 0.127. The first-order chi connectivity index (χ1) is 22.5. The topological polar surface area (TPSA) is 25.8 Å². The summed E-state index contributed by atoms with van der Waals surface area (Å²) in [4.78, 5) is 9.28. The molecular weight excluding hydrogens is 797 g/mol. The van der Waals surface area contributed by atoms with Crippen LogP contribution in [-0.2, 0) is 26.5 Å². The van der Waals surface area contributed by atoms with Crippen molar-refractivity contribution in [1.29, 1.82) is 0 Å². The first-order valence-electron chi connectivity index (χ1n) is 16.3. The van der Waals surface area contributed by atoms with Crippen LogP contribution in [0, 0.1) is 24.5 Å². The summed E-state index contributed by atoms with van der Waals surface area (Å²) >= 11 is 1.83. The molecule has 0 amide bonds. The van der Waals surface area contributed by atoms with Crippen molar-refractivity contribution in [2.75, 3.05) is 0 Å². The Labute approximate surface area is 304 Å². The number of aryl methyl sites for hydroxylation is 1. The third kappa shape index (κ3) is 8.27. The van der Waals surface area contributed by atoms with Gasteiger partial charge in [-0.1, -0.05) is 105 Å². The molecule has 0 saturated heterocycles. The second-order valence-corrected chi connectivity index (χ2v) is 20.6. The third-order valence-corrected chi connectivity index (χ3v) is 11.6. The summed E-state index contributed by atoms with van der Waals surface area (Å²) in [6.07, 6.45) is 5.02. The van der Waals surface area contributed by atoms with Gasteiger partial charge >= 0.3 is 0 Å². The summed E-state index contributed by atoms with van der Waals surface area (Å²) in [6.45, 7) is 16.1. The second kappa shape index (κ2) is 14.8. The molecule has 0 bridgehead atoms. The average molecular weight is 839 g/mol. The molecule has 3 heterocycles. The minimum Gasteiger partial charge on any atom is -0.305 e. The van der Waals surface area contributed by atoms with Crippen LogP contribution in [0.1, 0.15) is 31.9 Å². The van der Waals surface area contributed by atoms with Crippen LogP contribution in [-0.4, -0.2) is 18.0 Å². The van der Waals surface area contributed by atoms with Crippen LogP contribution in [0.5, 0.6) is 0 Å². The Kier molecular flexibility index (Phi) is 11.0. The van der Waals surface area contributed by atoms with E-state index < -0.39 is 8.07 Å². The molecule has 4 aromatic carbocycles. The summed E-state index contributed by atoms with van der Waals surface area (Å²) in [5.74, 6) is 0. The van der Waals surface area contributed by atoms with E-state index in [0.717, 1.165) is 28.9 Å². The number of thiophene rings is 1. The number of rotatable bonds is 5. The predicted molar refractivity (Wildman–Crippen MR) is 206 cm³/mol. The molecule has 1 radical (unpaired) electrons. The molecule has 3 aromatic heterocycles. The van der Waals surface area contributed by atoms with Crippen LogP contribution in [0.15, 0.2) is 116 Å². The number of nitrogens with zero attached hydrogens (tertiary/aromatic N) is 2. The molecule has 0 fully saturated rings. The van der Waals surface area contributed by atoms with Crippen molar-refractivity contribution in [3.63, 3.8) is 0 Å². The first kappa shape index (κ1) is 35.6. The summed E-state index contributed by atoms with van der Waals surface area (Å²) in [6, 6.07) is 42.8. The van der Waals surface area contributed by atoms with Gasteiger partial charge in [-0.3, -0.25) is 0 Å². The van der Waals surface area contributed by atoms with Gasteiger partial charge in [0.2, 0.25) is 0 Å². The molecule has 7 aromatic rings. The van der Waals surface area contributed by atoms with Crippen molar-refractivity contribution in [3.8, 4) is 33.6 Å². The van der Waals surface area contributed by atoms with E-state index in [1.54, 1.807) is 0 Å². The van der Waals surface area contributed by atoms with Gasteiger partial charge in [-0.15, -0.1) is 59.7 Å². The maximum atomic E-state index is 4.70. The molecule has 0 atom stereocenters. The maximum Gasteiger partial charge on any atom is 0.0798 e. The SMILES string of the molecule is CC(C)(C)Cc1ccnc(-c2[c-]ccc3c2sc2ccc(-c4ccccc4)cc23)c1.Cc1cc(-c2[c-]cccc2)ncc1[Si](C)(C)C.[Ir]. The van der Waals surface area contributed by atoms with E-state index in [1.165, 1.54) is 47.6 Å². The van der Waals surface area contributed by atoms with Gasteiger partial charge in [0.05, 0.1) is 8.07 Å². The van der Waals surface area contributed by atoms with E-state index in [0.29, 0.717) is 0 Å². The Morgan fingerprint density at radius 3 is 2.19 bits per heavy atom. The van der Waals surface area contributed by atoms with Crippen LogP contribution >= 0.6 is 11.3 Å². The van der Waals surface area contributed by atoms with Crippen molar-refractivity contribution in [1.82, 2.24) is 9.97 Å². The molecule has 0 aliphatic rings. The van der Waals surface area contributed by atoms with E-state index in [2.05, 4.69) is 150 Å². The molecule has 0 aliphatic carbocycles. The molecule has 0 saturated carbocycles. The van der Waals surface area contributed by atoms with Gasteiger partial charge in [0.1, 0.15) is 0 Å². The van der Waals surface area contributed by atoms with Crippen LogP contribution in [0.4, 0.5) is 0 Å². The Hall–Kier alpha value is -3.73. The molecule has 2 nitrogen and oxygen atoms in total. The normalized spacial score (nSPS) is 11.6.